The molecule has 3 nitrogen and oxygen atoms in total. The summed E-state index contributed by atoms with van der Waals surface area (Å²) in [5, 5.41) is 5.11. The van der Waals surface area contributed by atoms with E-state index in [4.69, 9.17) is 0 Å². The van der Waals surface area contributed by atoms with Gasteiger partial charge in [0.1, 0.15) is 6.04 Å². The van der Waals surface area contributed by atoms with Crippen molar-refractivity contribution in [3.05, 3.63) is 63.6 Å². The molecule has 0 radical (unpaired) electrons. The van der Waals surface area contributed by atoms with Crippen LogP contribution in [0.2, 0.25) is 0 Å². The number of carbonyl (C=O) groups is 1. The molecule has 0 saturated heterocycles. The minimum absolute atomic E-state index is 0.0364. The Kier molecular flexibility index (Phi) is 6.37. The molecular weight excluding hydrogens is 352 g/mol. The predicted molar refractivity (Wildman–Crippen MR) is 98.5 cm³/mol. The number of quaternary nitrogens is 1. The fraction of sp³-hybridized carbons (Fsp3) is 0.316. The first-order valence-corrected chi connectivity index (χ1v) is 8.75. The molecule has 2 aromatic carbocycles. The van der Waals surface area contributed by atoms with Gasteiger partial charge in [-0.1, -0.05) is 47.1 Å². The lowest BCUT2D eigenvalue weighted by Crippen LogP contribution is -2.87. The highest BCUT2D eigenvalue weighted by Gasteiger charge is 2.15. The quantitative estimate of drug-likeness (QED) is 0.793. The van der Waals surface area contributed by atoms with E-state index < -0.39 is 0 Å². The monoisotopic (exact) mass is 375 g/mol. The minimum Gasteiger partial charge on any atom is -0.332 e. The number of anilines is 1. The lowest BCUT2D eigenvalue weighted by molar-refractivity contribution is -0.686. The van der Waals surface area contributed by atoms with Crippen molar-refractivity contribution < 1.29 is 10.1 Å². The zero-order valence-corrected chi connectivity index (χ0v) is 15.5. The number of benzene rings is 2. The van der Waals surface area contributed by atoms with Crippen LogP contribution in [-0.4, -0.2) is 12.5 Å². The predicted octanol–water partition coefficient (Wildman–Crippen LogP) is 3.72. The van der Waals surface area contributed by atoms with Crippen LogP contribution >= 0.6 is 15.9 Å². The molecule has 0 aliphatic heterocycles. The molecule has 0 bridgehead atoms. The molecule has 122 valence electrons. The topological polar surface area (TPSA) is 45.7 Å². The van der Waals surface area contributed by atoms with Crippen molar-refractivity contribution in [3.63, 3.8) is 0 Å². The number of halogens is 1. The Morgan fingerprint density at radius 1 is 1.17 bits per heavy atom. The van der Waals surface area contributed by atoms with Gasteiger partial charge in [0.05, 0.1) is 0 Å². The maximum absolute atomic E-state index is 12.2. The first-order chi connectivity index (χ1) is 11.0. The normalized spacial score (nSPS) is 12.0. The van der Waals surface area contributed by atoms with E-state index in [1.807, 2.05) is 31.2 Å². The molecule has 1 atom stereocenters. The summed E-state index contributed by atoms with van der Waals surface area (Å²) in [4.78, 5) is 12.2. The Morgan fingerprint density at radius 3 is 2.52 bits per heavy atom. The van der Waals surface area contributed by atoms with Crippen LogP contribution in [0.4, 0.5) is 5.69 Å². The van der Waals surface area contributed by atoms with Crippen molar-refractivity contribution in [2.75, 3.05) is 11.9 Å². The molecule has 0 heterocycles. The van der Waals surface area contributed by atoms with E-state index in [1.165, 1.54) is 11.1 Å². The summed E-state index contributed by atoms with van der Waals surface area (Å²) >= 11 is 3.45. The zero-order chi connectivity index (χ0) is 16.8. The van der Waals surface area contributed by atoms with Crippen molar-refractivity contribution in [3.8, 4) is 0 Å². The van der Waals surface area contributed by atoms with E-state index in [1.54, 1.807) is 0 Å². The van der Waals surface area contributed by atoms with E-state index in [-0.39, 0.29) is 5.91 Å². The molecule has 1 amide bonds. The molecule has 2 aromatic rings. The standard InChI is InChI=1S/C19H23BrN2O/c1-4-17(15-8-10-16(20)11-9-15)21-12-19(23)22-18-7-5-6-13(2)14(18)3/h5-11,17,21H,4,12H2,1-3H3,(H,22,23)/p+1/t17-/m1/s1. The van der Waals surface area contributed by atoms with Crippen LogP contribution in [0.5, 0.6) is 0 Å². The van der Waals surface area contributed by atoms with Crippen molar-refractivity contribution in [1.29, 1.82) is 0 Å². The lowest BCUT2D eigenvalue weighted by atomic mass is 10.0. The summed E-state index contributed by atoms with van der Waals surface area (Å²) in [5.74, 6) is 0.0364. The summed E-state index contributed by atoms with van der Waals surface area (Å²) in [6.07, 6.45) is 0.985. The maximum atomic E-state index is 12.2. The van der Waals surface area contributed by atoms with Gasteiger partial charge in [0, 0.05) is 22.1 Å². The Balaban J connectivity index is 1.94. The number of hydrogen-bond donors (Lipinski definition) is 2. The van der Waals surface area contributed by atoms with E-state index in [0.29, 0.717) is 12.6 Å². The second-order valence-corrected chi connectivity index (χ2v) is 6.72. The van der Waals surface area contributed by atoms with Crippen molar-refractivity contribution >= 4 is 27.5 Å². The first kappa shape index (κ1) is 17.7. The third-order valence-corrected chi connectivity index (χ3v) is 4.73. The SMILES string of the molecule is CC[C@@H]([NH2+]CC(=O)Nc1cccc(C)c1C)c1ccc(Br)cc1. The molecule has 0 aliphatic rings. The van der Waals surface area contributed by atoms with Gasteiger partial charge in [0.2, 0.25) is 0 Å². The number of nitrogens with one attached hydrogen (secondary N) is 1. The molecule has 3 N–H and O–H groups in total. The van der Waals surface area contributed by atoms with Crippen LogP contribution in [-0.2, 0) is 4.79 Å². The molecule has 23 heavy (non-hydrogen) atoms. The number of nitrogens with two attached hydrogens (primary N) is 1. The summed E-state index contributed by atoms with van der Waals surface area (Å²) < 4.78 is 1.07. The fourth-order valence-electron chi connectivity index (χ4n) is 2.59. The van der Waals surface area contributed by atoms with E-state index in [0.717, 1.165) is 22.1 Å². The Hall–Kier alpha value is -1.65. The summed E-state index contributed by atoms with van der Waals surface area (Å²) in [7, 11) is 0. The second-order valence-electron chi connectivity index (χ2n) is 5.80. The molecule has 0 aliphatic carbocycles. The third-order valence-electron chi connectivity index (χ3n) is 4.20. The number of amides is 1. The van der Waals surface area contributed by atoms with Crippen LogP contribution in [0, 0.1) is 13.8 Å². The molecule has 0 saturated carbocycles. The van der Waals surface area contributed by atoms with Gasteiger partial charge in [-0.05, 0) is 43.2 Å². The van der Waals surface area contributed by atoms with Crippen LogP contribution < -0.4 is 10.6 Å². The maximum Gasteiger partial charge on any atom is 0.279 e. The van der Waals surface area contributed by atoms with E-state index in [2.05, 4.69) is 58.6 Å². The van der Waals surface area contributed by atoms with E-state index in [9.17, 15) is 4.79 Å². The first-order valence-electron chi connectivity index (χ1n) is 7.96. The number of carbonyl (C=O) groups excluding carboxylic acids is 1. The van der Waals surface area contributed by atoms with Crippen molar-refractivity contribution in [2.24, 2.45) is 0 Å². The van der Waals surface area contributed by atoms with Gasteiger partial charge >= 0.3 is 0 Å². The molecule has 4 heteroatoms. The highest BCUT2D eigenvalue weighted by Crippen LogP contribution is 2.18. The average molecular weight is 376 g/mol. The van der Waals surface area contributed by atoms with Gasteiger partial charge < -0.3 is 10.6 Å². The van der Waals surface area contributed by atoms with Crippen LogP contribution in [0.15, 0.2) is 46.9 Å². The van der Waals surface area contributed by atoms with Gasteiger partial charge in [-0.25, -0.2) is 0 Å². The van der Waals surface area contributed by atoms with Crippen LogP contribution in [0.25, 0.3) is 0 Å². The average Bonchev–Trinajstić information content (AvgIpc) is 2.54. The second kappa shape index (κ2) is 8.27. The molecule has 0 unspecified atom stereocenters. The minimum atomic E-state index is 0.0364. The van der Waals surface area contributed by atoms with Gasteiger partial charge in [-0.15, -0.1) is 0 Å². The summed E-state index contributed by atoms with van der Waals surface area (Å²) in [6.45, 7) is 6.65. The van der Waals surface area contributed by atoms with Crippen molar-refractivity contribution in [2.45, 2.75) is 33.2 Å². The Bertz CT molecular complexity index is 668. The molecule has 2 rings (SSSR count). The van der Waals surface area contributed by atoms with Crippen molar-refractivity contribution in [1.82, 2.24) is 0 Å². The number of rotatable bonds is 6. The van der Waals surface area contributed by atoms with Crippen LogP contribution in [0.1, 0.15) is 36.1 Å². The molecule has 0 fully saturated rings. The van der Waals surface area contributed by atoms with Gasteiger partial charge in [-0.2, -0.15) is 0 Å². The number of aryl methyl sites for hydroxylation is 1. The van der Waals surface area contributed by atoms with E-state index >= 15 is 0 Å². The summed E-state index contributed by atoms with van der Waals surface area (Å²) in [6, 6.07) is 14.6. The van der Waals surface area contributed by atoms with Gasteiger partial charge in [-0.3, -0.25) is 4.79 Å². The molecule has 0 aromatic heterocycles. The Morgan fingerprint density at radius 2 is 1.87 bits per heavy atom. The smallest absolute Gasteiger partial charge is 0.279 e. The largest absolute Gasteiger partial charge is 0.332 e. The highest BCUT2D eigenvalue weighted by molar-refractivity contribution is 9.10. The molecular formula is C19H24BrN2O+. The Labute approximate surface area is 146 Å². The highest BCUT2D eigenvalue weighted by atomic mass is 79.9. The number of hydrogen-bond acceptors (Lipinski definition) is 1. The third kappa shape index (κ3) is 4.91. The summed E-state index contributed by atoms with van der Waals surface area (Å²) in [5.41, 5.74) is 4.46. The lowest BCUT2D eigenvalue weighted by Gasteiger charge is -2.15. The van der Waals surface area contributed by atoms with Crippen LogP contribution in [0.3, 0.4) is 0 Å². The van der Waals surface area contributed by atoms with Gasteiger partial charge in [0.15, 0.2) is 6.54 Å². The zero-order valence-electron chi connectivity index (χ0n) is 13.9. The van der Waals surface area contributed by atoms with Gasteiger partial charge in [0.25, 0.3) is 5.91 Å². The fourth-order valence-corrected chi connectivity index (χ4v) is 2.85. The molecule has 0 spiro atoms.